The number of thiazole rings is 1. The van der Waals surface area contributed by atoms with E-state index in [-0.39, 0.29) is 36.2 Å². The van der Waals surface area contributed by atoms with E-state index in [9.17, 15) is 27.2 Å². The fourth-order valence-corrected chi connectivity index (χ4v) is 3.26. The molecule has 1 N–H and O–H groups in total. The first-order chi connectivity index (χ1) is 14.8. The largest absolute Gasteiger partial charge is 0.466 e. The van der Waals surface area contributed by atoms with Gasteiger partial charge in [-0.15, -0.1) is 11.3 Å². The van der Waals surface area contributed by atoms with Crippen molar-refractivity contribution in [2.24, 2.45) is 0 Å². The summed E-state index contributed by atoms with van der Waals surface area (Å²) in [6, 6.07) is 3.28. The molecule has 3 heterocycles. The van der Waals surface area contributed by atoms with Gasteiger partial charge in [-0.1, -0.05) is 0 Å². The lowest BCUT2D eigenvalue weighted by molar-refractivity contribution is -0.142. The Kier molecular flexibility index (Phi) is 7.05. The Hall–Kier alpha value is -3.22. The molecule has 0 saturated carbocycles. The molecule has 13 heteroatoms. The Morgan fingerprint density at radius 1 is 1.26 bits per heavy atom. The van der Waals surface area contributed by atoms with Crippen molar-refractivity contribution < 1.29 is 36.3 Å². The molecular weight excluding hydrogens is 444 g/mol. The van der Waals surface area contributed by atoms with Crippen LogP contribution in [0.3, 0.4) is 0 Å². The van der Waals surface area contributed by atoms with Crippen molar-refractivity contribution >= 4 is 28.3 Å². The summed E-state index contributed by atoms with van der Waals surface area (Å²) >= 11 is 1.09. The maximum absolute atomic E-state index is 13.1. The molecule has 0 aliphatic carbocycles. The number of carbonyl (C=O) groups excluding carboxylic acids is 2. The van der Waals surface area contributed by atoms with Gasteiger partial charge >= 0.3 is 5.97 Å². The van der Waals surface area contributed by atoms with Crippen molar-refractivity contribution in [3.05, 3.63) is 52.2 Å². The molecule has 0 saturated heterocycles. The topological polar surface area (TPSA) is 99.2 Å². The van der Waals surface area contributed by atoms with E-state index in [1.54, 1.807) is 12.3 Å². The van der Waals surface area contributed by atoms with E-state index in [0.717, 1.165) is 11.3 Å². The number of halogens is 4. The monoisotopic (exact) mass is 460 g/mol. The lowest BCUT2D eigenvalue weighted by Gasteiger charge is -2.04. The average Bonchev–Trinajstić information content (AvgIpc) is 3.42. The van der Waals surface area contributed by atoms with Crippen LogP contribution in [0.25, 0.3) is 0 Å². The van der Waals surface area contributed by atoms with Gasteiger partial charge in [-0.3, -0.25) is 19.6 Å². The van der Waals surface area contributed by atoms with Gasteiger partial charge in [-0.25, -0.2) is 22.5 Å². The second kappa shape index (κ2) is 9.73. The summed E-state index contributed by atoms with van der Waals surface area (Å²) in [5.74, 6) is -1.18. The van der Waals surface area contributed by atoms with Gasteiger partial charge in [0.15, 0.2) is 10.9 Å². The third-order valence-electron chi connectivity index (χ3n) is 3.87. The molecule has 0 atom stereocenters. The molecule has 0 aliphatic heterocycles. The van der Waals surface area contributed by atoms with Crippen LogP contribution in [0.4, 0.5) is 22.7 Å². The summed E-state index contributed by atoms with van der Waals surface area (Å²) in [6.45, 7) is 1.56. The molecule has 0 bridgehead atoms. The Balaban J connectivity index is 1.65. The number of aromatic nitrogens is 3. The third kappa shape index (κ3) is 5.69. The molecule has 3 aromatic heterocycles. The first kappa shape index (κ1) is 22.5. The number of ether oxygens (including phenoxy) is 1. The van der Waals surface area contributed by atoms with Crippen LogP contribution in [0.2, 0.25) is 0 Å². The van der Waals surface area contributed by atoms with Crippen molar-refractivity contribution in [3.63, 3.8) is 0 Å². The first-order valence-electron chi connectivity index (χ1n) is 8.90. The van der Waals surface area contributed by atoms with Crippen molar-refractivity contribution in [3.8, 4) is 0 Å². The van der Waals surface area contributed by atoms with Crippen molar-refractivity contribution in [1.82, 2.24) is 14.8 Å². The number of hydrogen-bond acceptors (Lipinski definition) is 7. The highest BCUT2D eigenvalue weighted by Crippen LogP contribution is 2.26. The van der Waals surface area contributed by atoms with Crippen LogP contribution in [0.1, 0.15) is 53.2 Å². The molecule has 0 aromatic carbocycles. The van der Waals surface area contributed by atoms with Crippen molar-refractivity contribution in [2.75, 3.05) is 11.9 Å². The summed E-state index contributed by atoms with van der Waals surface area (Å²) in [7, 11) is 0. The highest BCUT2D eigenvalue weighted by Gasteiger charge is 2.22. The molecule has 3 rings (SSSR count). The van der Waals surface area contributed by atoms with Crippen LogP contribution in [0.15, 0.2) is 28.0 Å². The van der Waals surface area contributed by atoms with Gasteiger partial charge in [-0.2, -0.15) is 5.10 Å². The Morgan fingerprint density at radius 3 is 2.71 bits per heavy atom. The molecular formula is C18H16F4N4O4S. The van der Waals surface area contributed by atoms with Gasteiger partial charge in [0.1, 0.15) is 17.1 Å². The number of rotatable bonds is 9. The van der Waals surface area contributed by atoms with Crippen molar-refractivity contribution in [2.45, 2.75) is 32.7 Å². The molecule has 0 aliphatic rings. The maximum atomic E-state index is 13.1. The Morgan fingerprint density at radius 2 is 2.03 bits per heavy atom. The van der Waals surface area contributed by atoms with Crippen LogP contribution in [0.5, 0.6) is 0 Å². The SMILES string of the molecule is CCOC(=O)Cc1csc(NC(=O)c2ccc(Cn3nc(C(F)F)cc3C(F)F)o2)n1. The van der Waals surface area contributed by atoms with Crippen LogP contribution >= 0.6 is 11.3 Å². The van der Waals surface area contributed by atoms with E-state index >= 15 is 0 Å². The minimum atomic E-state index is -3.01. The predicted molar refractivity (Wildman–Crippen MR) is 100 cm³/mol. The number of esters is 1. The minimum absolute atomic E-state index is 0.0396. The van der Waals surface area contributed by atoms with Crippen LogP contribution in [-0.2, 0) is 22.5 Å². The van der Waals surface area contributed by atoms with E-state index in [4.69, 9.17) is 9.15 Å². The molecule has 8 nitrogen and oxygen atoms in total. The van der Waals surface area contributed by atoms with Gasteiger partial charge in [0, 0.05) is 5.38 Å². The number of alkyl halides is 4. The average molecular weight is 460 g/mol. The Bertz CT molecular complexity index is 1060. The summed E-state index contributed by atoms with van der Waals surface area (Å²) in [6.07, 6.45) is -6.04. The van der Waals surface area contributed by atoms with E-state index in [2.05, 4.69) is 15.4 Å². The van der Waals surface area contributed by atoms with Gasteiger partial charge in [-0.05, 0) is 25.1 Å². The maximum Gasteiger partial charge on any atom is 0.311 e. The number of nitrogens with zero attached hydrogens (tertiary/aromatic N) is 3. The van der Waals surface area contributed by atoms with Crippen LogP contribution in [-0.4, -0.2) is 33.2 Å². The molecule has 31 heavy (non-hydrogen) atoms. The fraction of sp³-hybridized carbons (Fsp3) is 0.333. The highest BCUT2D eigenvalue weighted by atomic mass is 32.1. The minimum Gasteiger partial charge on any atom is -0.466 e. The standard InChI is InChI=1S/C18H16F4N4O4S/c1-2-29-14(27)5-9-8-31-18(23-9)24-17(28)13-4-3-10(30-13)7-26-12(16(21)22)6-11(25-26)15(19)20/h3-4,6,8,15-16H,2,5,7H2,1H3,(H,23,24,28). The van der Waals surface area contributed by atoms with E-state index in [1.807, 2.05) is 0 Å². The molecule has 0 unspecified atom stereocenters. The smallest absolute Gasteiger partial charge is 0.311 e. The lowest BCUT2D eigenvalue weighted by atomic mass is 10.3. The van der Waals surface area contributed by atoms with E-state index in [1.165, 1.54) is 12.1 Å². The van der Waals surface area contributed by atoms with Gasteiger partial charge in [0.05, 0.1) is 25.3 Å². The number of amides is 1. The van der Waals surface area contributed by atoms with Crippen LogP contribution in [0, 0.1) is 0 Å². The molecule has 166 valence electrons. The quantitative estimate of drug-likeness (QED) is 0.379. The van der Waals surface area contributed by atoms with Gasteiger partial charge in [0.25, 0.3) is 18.8 Å². The number of nitrogens with one attached hydrogen (secondary N) is 1. The number of hydrogen-bond donors (Lipinski definition) is 1. The normalized spacial score (nSPS) is 11.3. The molecule has 3 aromatic rings. The molecule has 0 radical (unpaired) electrons. The number of furan rings is 1. The van der Waals surface area contributed by atoms with Gasteiger partial charge in [0.2, 0.25) is 0 Å². The third-order valence-corrected chi connectivity index (χ3v) is 4.68. The number of carbonyl (C=O) groups is 2. The summed E-state index contributed by atoms with van der Waals surface area (Å²) < 4.78 is 62.5. The summed E-state index contributed by atoms with van der Waals surface area (Å²) in [5, 5.41) is 7.76. The highest BCUT2D eigenvalue weighted by molar-refractivity contribution is 7.14. The molecule has 0 spiro atoms. The second-order valence-corrected chi connectivity index (χ2v) is 6.96. The molecule has 1 amide bonds. The van der Waals surface area contributed by atoms with E-state index < -0.39 is 36.1 Å². The molecule has 0 fully saturated rings. The van der Waals surface area contributed by atoms with Crippen molar-refractivity contribution in [1.29, 1.82) is 0 Å². The number of anilines is 1. The van der Waals surface area contributed by atoms with E-state index in [0.29, 0.717) is 16.4 Å². The van der Waals surface area contributed by atoms with Crippen LogP contribution < -0.4 is 5.32 Å². The lowest BCUT2D eigenvalue weighted by Crippen LogP contribution is -2.11. The predicted octanol–water partition coefficient (Wildman–Crippen LogP) is 4.21. The zero-order chi connectivity index (χ0) is 22.5. The second-order valence-electron chi connectivity index (χ2n) is 6.10. The summed E-state index contributed by atoms with van der Waals surface area (Å²) in [4.78, 5) is 27.9. The zero-order valence-corrected chi connectivity index (χ0v) is 16.8. The van der Waals surface area contributed by atoms with Gasteiger partial charge < -0.3 is 9.15 Å². The first-order valence-corrected chi connectivity index (χ1v) is 9.78. The zero-order valence-electron chi connectivity index (χ0n) is 16.0. The Labute approximate surface area is 176 Å². The summed E-state index contributed by atoms with van der Waals surface area (Å²) in [5.41, 5.74) is -1.04. The fourth-order valence-electron chi connectivity index (χ4n) is 2.56.